The molecule has 1 aliphatic carbocycles. The highest BCUT2D eigenvalue weighted by Crippen LogP contribution is 2.27. The molecule has 4 nitrogen and oxygen atoms in total. The molecule has 4 N–H and O–H groups in total. The SMILES string of the molecule is CC1CCCC1Nc1cccc(NN)n1. The molecule has 0 radical (unpaired) electrons. The maximum atomic E-state index is 5.31. The van der Waals surface area contributed by atoms with Gasteiger partial charge in [-0.2, -0.15) is 0 Å². The molecular formula is C11H18N4. The van der Waals surface area contributed by atoms with Gasteiger partial charge in [0.2, 0.25) is 0 Å². The number of hydrazine groups is 1. The van der Waals surface area contributed by atoms with Gasteiger partial charge in [0.1, 0.15) is 11.6 Å². The summed E-state index contributed by atoms with van der Waals surface area (Å²) in [5, 5.41) is 3.46. The highest BCUT2D eigenvalue weighted by molar-refractivity contribution is 5.45. The molecule has 2 rings (SSSR count). The molecule has 0 bridgehead atoms. The molecule has 0 spiro atoms. The third-order valence-corrected chi connectivity index (χ3v) is 3.09. The second-order valence-electron chi connectivity index (χ2n) is 4.21. The van der Waals surface area contributed by atoms with Crippen molar-refractivity contribution in [3.63, 3.8) is 0 Å². The number of nitrogen functional groups attached to an aromatic ring is 1. The van der Waals surface area contributed by atoms with Crippen molar-refractivity contribution in [2.24, 2.45) is 11.8 Å². The highest BCUT2D eigenvalue weighted by Gasteiger charge is 2.23. The molecule has 1 fully saturated rings. The second kappa shape index (κ2) is 4.49. The zero-order chi connectivity index (χ0) is 10.7. The molecule has 0 saturated heterocycles. The first-order valence-corrected chi connectivity index (χ1v) is 5.50. The van der Waals surface area contributed by atoms with Gasteiger partial charge >= 0.3 is 0 Å². The van der Waals surface area contributed by atoms with Crippen molar-refractivity contribution in [3.05, 3.63) is 18.2 Å². The van der Waals surface area contributed by atoms with Crippen LogP contribution < -0.4 is 16.6 Å². The van der Waals surface area contributed by atoms with E-state index in [9.17, 15) is 0 Å². The molecule has 1 aromatic heterocycles. The average molecular weight is 206 g/mol. The Labute approximate surface area is 90.2 Å². The zero-order valence-corrected chi connectivity index (χ0v) is 9.03. The zero-order valence-electron chi connectivity index (χ0n) is 9.03. The predicted molar refractivity (Wildman–Crippen MR) is 62.5 cm³/mol. The van der Waals surface area contributed by atoms with Gasteiger partial charge in [0.25, 0.3) is 0 Å². The Morgan fingerprint density at radius 1 is 1.33 bits per heavy atom. The molecule has 4 heteroatoms. The lowest BCUT2D eigenvalue weighted by Gasteiger charge is -2.18. The molecule has 1 aromatic rings. The summed E-state index contributed by atoms with van der Waals surface area (Å²) in [7, 11) is 0. The summed E-state index contributed by atoms with van der Waals surface area (Å²) in [6.07, 6.45) is 3.86. The van der Waals surface area contributed by atoms with Crippen LogP contribution in [0.25, 0.3) is 0 Å². The number of aromatic nitrogens is 1. The Balaban J connectivity index is 2.03. The van der Waals surface area contributed by atoms with Gasteiger partial charge in [0.05, 0.1) is 0 Å². The van der Waals surface area contributed by atoms with Crippen LogP contribution in [0.15, 0.2) is 18.2 Å². The fourth-order valence-electron chi connectivity index (χ4n) is 2.15. The quantitative estimate of drug-likeness (QED) is 0.522. The monoisotopic (exact) mass is 206 g/mol. The summed E-state index contributed by atoms with van der Waals surface area (Å²) in [6, 6.07) is 6.34. The van der Waals surface area contributed by atoms with E-state index in [0.29, 0.717) is 11.9 Å². The number of nitrogens with zero attached hydrogens (tertiary/aromatic N) is 1. The van der Waals surface area contributed by atoms with E-state index < -0.39 is 0 Å². The number of anilines is 2. The Bertz CT molecular complexity index is 326. The van der Waals surface area contributed by atoms with Gasteiger partial charge in [0.15, 0.2) is 0 Å². The van der Waals surface area contributed by atoms with Crippen LogP contribution >= 0.6 is 0 Å². The van der Waals surface area contributed by atoms with Crippen LogP contribution in [0.5, 0.6) is 0 Å². The van der Waals surface area contributed by atoms with Crippen molar-refractivity contribution in [2.75, 3.05) is 10.7 Å². The van der Waals surface area contributed by atoms with E-state index in [1.165, 1.54) is 19.3 Å². The van der Waals surface area contributed by atoms with Gasteiger partial charge in [-0.3, -0.25) is 0 Å². The molecule has 82 valence electrons. The van der Waals surface area contributed by atoms with Gasteiger partial charge in [0, 0.05) is 6.04 Å². The van der Waals surface area contributed by atoms with E-state index >= 15 is 0 Å². The summed E-state index contributed by atoms with van der Waals surface area (Å²) < 4.78 is 0. The van der Waals surface area contributed by atoms with E-state index in [-0.39, 0.29) is 0 Å². The summed E-state index contributed by atoms with van der Waals surface area (Å²) in [4.78, 5) is 4.34. The van der Waals surface area contributed by atoms with E-state index in [1.807, 2.05) is 18.2 Å². The van der Waals surface area contributed by atoms with Gasteiger partial charge in [-0.15, -0.1) is 0 Å². The number of hydrogen-bond acceptors (Lipinski definition) is 4. The van der Waals surface area contributed by atoms with Crippen molar-refractivity contribution in [1.82, 2.24) is 4.98 Å². The Morgan fingerprint density at radius 2 is 2.13 bits per heavy atom. The van der Waals surface area contributed by atoms with E-state index in [1.54, 1.807) is 0 Å². The highest BCUT2D eigenvalue weighted by atomic mass is 15.3. The van der Waals surface area contributed by atoms with E-state index in [2.05, 4.69) is 22.7 Å². The van der Waals surface area contributed by atoms with Crippen molar-refractivity contribution in [1.29, 1.82) is 0 Å². The van der Waals surface area contributed by atoms with Crippen LogP contribution in [0.2, 0.25) is 0 Å². The number of nitrogens with two attached hydrogens (primary N) is 1. The minimum Gasteiger partial charge on any atom is -0.367 e. The molecule has 2 atom stereocenters. The topological polar surface area (TPSA) is 63.0 Å². The standard InChI is InChI=1S/C11H18N4/c1-8-4-2-5-9(8)13-10-6-3-7-11(14-10)15-12/h3,6-9H,2,4-5,12H2,1H3,(H2,13,14,15). The number of rotatable bonds is 3. The predicted octanol–water partition coefficient (Wildman–Crippen LogP) is 1.97. The van der Waals surface area contributed by atoms with Crippen molar-refractivity contribution in [2.45, 2.75) is 32.2 Å². The Kier molecular flexibility index (Phi) is 3.06. The van der Waals surface area contributed by atoms with E-state index in [4.69, 9.17) is 5.84 Å². The molecule has 0 aromatic carbocycles. The molecule has 2 unspecified atom stereocenters. The smallest absolute Gasteiger partial charge is 0.142 e. The number of hydrogen-bond donors (Lipinski definition) is 3. The fourth-order valence-corrected chi connectivity index (χ4v) is 2.15. The Hall–Kier alpha value is -1.29. The minimum atomic E-state index is 0.561. The lowest BCUT2D eigenvalue weighted by Crippen LogP contribution is -2.22. The summed E-state index contributed by atoms with van der Waals surface area (Å²) in [6.45, 7) is 2.29. The maximum Gasteiger partial charge on any atom is 0.142 e. The number of pyridine rings is 1. The molecule has 1 saturated carbocycles. The fraction of sp³-hybridized carbons (Fsp3) is 0.545. The van der Waals surface area contributed by atoms with Gasteiger partial charge in [-0.25, -0.2) is 10.8 Å². The first-order valence-electron chi connectivity index (χ1n) is 5.50. The van der Waals surface area contributed by atoms with E-state index in [0.717, 1.165) is 11.7 Å². The van der Waals surface area contributed by atoms with Crippen LogP contribution in [0, 0.1) is 5.92 Å². The third-order valence-electron chi connectivity index (χ3n) is 3.09. The lowest BCUT2D eigenvalue weighted by atomic mass is 10.1. The van der Waals surface area contributed by atoms with Crippen LogP contribution in [-0.2, 0) is 0 Å². The van der Waals surface area contributed by atoms with Crippen molar-refractivity contribution in [3.8, 4) is 0 Å². The van der Waals surface area contributed by atoms with Crippen molar-refractivity contribution >= 4 is 11.6 Å². The average Bonchev–Trinajstić information content (AvgIpc) is 2.65. The minimum absolute atomic E-state index is 0.561. The molecule has 1 aliphatic rings. The molecular weight excluding hydrogens is 188 g/mol. The number of nitrogens with one attached hydrogen (secondary N) is 2. The van der Waals surface area contributed by atoms with Gasteiger partial charge < -0.3 is 10.7 Å². The molecule has 0 amide bonds. The van der Waals surface area contributed by atoms with Crippen LogP contribution in [-0.4, -0.2) is 11.0 Å². The largest absolute Gasteiger partial charge is 0.367 e. The summed E-state index contributed by atoms with van der Waals surface area (Å²) >= 11 is 0. The van der Waals surface area contributed by atoms with Gasteiger partial charge in [-0.1, -0.05) is 19.4 Å². The molecule has 0 aliphatic heterocycles. The van der Waals surface area contributed by atoms with Crippen LogP contribution in [0.4, 0.5) is 11.6 Å². The Morgan fingerprint density at radius 3 is 2.80 bits per heavy atom. The summed E-state index contributed by atoms with van der Waals surface area (Å²) in [5.41, 5.74) is 2.55. The second-order valence-corrected chi connectivity index (χ2v) is 4.21. The van der Waals surface area contributed by atoms with Crippen LogP contribution in [0.1, 0.15) is 26.2 Å². The normalized spacial score (nSPS) is 25.2. The van der Waals surface area contributed by atoms with Crippen LogP contribution in [0.3, 0.4) is 0 Å². The van der Waals surface area contributed by atoms with Gasteiger partial charge in [-0.05, 0) is 30.9 Å². The third kappa shape index (κ3) is 2.39. The first kappa shape index (κ1) is 10.2. The lowest BCUT2D eigenvalue weighted by molar-refractivity contribution is 0.555. The van der Waals surface area contributed by atoms with Crippen molar-refractivity contribution < 1.29 is 0 Å². The molecule has 1 heterocycles. The first-order chi connectivity index (χ1) is 7.29. The maximum absolute atomic E-state index is 5.31. The molecule has 15 heavy (non-hydrogen) atoms. The summed E-state index contributed by atoms with van der Waals surface area (Å²) in [5.74, 6) is 7.66.